The summed E-state index contributed by atoms with van der Waals surface area (Å²) >= 11 is 0. The number of aryl methyl sites for hydroxylation is 1. The number of carbonyl (C=O) groups is 1. The van der Waals surface area contributed by atoms with Crippen molar-refractivity contribution in [3.63, 3.8) is 0 Å². The Bertz CT molecular complexity index is 549. The topological polar surface area (TPSA) is 67.6 Å². The SMILES string of the molecule is CC(C)(C)[Si](C)(C)OCCc1cn2c(n1)N(C(=O)O)CCC2. The first kappa shape index (κ1) is 17.0. The van der Waals surface area contributed by atoms with Crippen LogP contribution < -0.4 is 4.90 Å². The van der Waals surface area contributed by atoms with Crippen LogP contribution in [0.1, 0.15) is 32.9 Å². The van der Waals surface area contributed by atoms with Gasteiger partial charge < -0.3 is 14.1 Å². The lowest BCUT2D eigenvalue weighted by Gasteiger charge is -2.36. The number of rotatable bonds is 4. The van der Waals surface area contributed by atoms with Crippen LogP contribution in [0, 0.1) is 0 Å². The number of carboxylic acid groups (broad SMARTS) is 1. The van der Waals surface area contributed by atoms with Gasteiger partial charge in [-0.25, -0.2) is 14.7 Å². The van der Waals surface area contributed by atoms with Crippen LogP contribution in [0.2, 0.25) is 18.1 Å². The molecule has 0 spiro atoms. The van der Waals surface area contributed by atoms with Crippen LogP contribution in [0.15, 0.2) is 6.20 Å². The number of anilines is 1. The molecule has 2 heterocycles. The van der Waals surface area contributed by atoms with Crippen molar-refractivity contribution in [1.29, 1.82) is 0 Å². The molecule has 1 aliphatic rings. The summed E-state index contributed by atoms with van der Waals surface area (Å²) in [7, 11) is -1.74. The number of fused-ring (bicyclic) bond motifs is 1. The zero-order chi connectivity index (χ0) is 16.5. The fourth-order valence-corrected chi connectivity index (χ4v) is 3.31. The fraction of sp³-hybridized carbons (Fsp3) is 0.733. The largest absolute Gasteiger partial charge is 0.465 e. The minimum Gasteiger partial charge on any atom is -0.465 e. The second-order valence-corrected chi connectivity index (χ2v) is 12.2. The van der Waals surface area contributed by atoms with Gasteiger partial charge in [-0.1, -0.05) is 20.8 Å². The Labute approximate surface area is 133 Å². The Morgan fingerprint density at radius 2 is 2.09 bits per heavy atom. The van der Waals surface area contributed by atoms with E-state index in [0.717, 1.165) is 25.1 Å². The van der Waals surface area contributed by atoms with Crippen molar-refractivity contribution < 1.29 is 14.3 Å². The van der Waals surface area contributed by atoms with E-state index in [2.05, 4.69) is 38.8 Å². The normalized spacial score (nSPS) is 15.8. The smallest absolute Gasteiger partial charge is 0.414 e. The summed E-state index contributed by atoms with van der Waals surface area (Å²) in [6, 6.07) is 0. The van der Waals surface area contributed by atoms with Crippen LogP contribution in [0.4, 0.5) is 10.7 Å². The van der Waals surface area contributed by atoms with Crippen LogP contribution in [-0.4, -0.2) is 42.2 Å². The maximum atomic E-state index is 11.2. The number of nitrogens with zero attached hydrogens (tertiary/aromatic N) is 3. The summed E-state index contributed by atoms with van der Waals surface area (Å²) in [5, 5.41) is 9.41. The third-order valence-corrected chi connectivity index (χ3v) is 9.22. The van der Waals surface area contributed by atoms with E-state index in [1.807, 2.05) is 10.8 Å². The van der Waals surface area contributed by atoms with Crippen molar-refractivity contribution in [3.05, 3.63) is 11.9 Å². The predicted octanol–water partition coefficient (Wildman–Crippen LogP) is 3.34. The highest BCUT2D eigenvalue weighted by molar-refractivity contribution is 6.74. The van der Waals surface area contributed by atoms with Gasteiger partial charge in [-0.05, 0) is 24.6 Å². The first-order valence-corrected chi connectivity index (χ1v) is 10.7. The maximum absolute atomic E-state index is 11.2. The summed E-state index contributed by atoms with van der Waals surface area (Å²) in [5.74, 6) is 0.543. The molecule has 124 valence electrons. The number of amides is 1. The van der Waals surface area contributed by atoms with Gasteiger partial charge in [0.1, 0.15) is 0 Å². The molecule has 6 nitrogen and oxygen atoms in total. The van der Waals surface area contributed by atoms with Gasteiger partial charge >= 0.3 is 6.09 Å². The molecule has 0 aromatic carbocycles. The van der Waals surface area contributed by atoms with E-state index in [0.29, 0.717) is 19.1 Å². The minimum atomic E-state index is -1.74. The molecule has 0 radical (unpaired) electrons. The van der Waals surface area contributed by atoms with Gasteiger partial charge in [0.05, 0.1) is 5.69 Å². The fourth-order valence-electron chi connectivity index (χ4n) is 2.27. The van der Waals surface area contributed by atoms with Crippen LogP contribution in [0.5, 0.6) is 0 Å². The third-order valence-electron chi connectivity index (χ3n) is 4.69. The average Bonchev–Trinajstić information content (AvgIpc) is 2.79. The first-order chi connectivity index (χ1) is 10.1. The van der Waals surface area contributed by atoms with Crippen molar-refractivity contribution in [2.75, 3.05) is 18.1 Å². The van der Waals surface area contributed by atoms with Crippen molar-refractivity contribution in [2.45, 2.75) is 58.3 Å². The molecule has 1 N–H and O–H groups in total. The van der Waals surface area contributed by atoms with Gasteiger partial charge in [-0.2, -0.15) is 0 Å². The monoisotopic (exact) mass is 325 g/mol. The number of imidazole rings is 1. The Morgan fingerprint density at radius 3 is 2.68 bits per heavy atom. The average molecular weight is 325 g/mol. The zero-order valence-electron chi connectivity index (χ0n) is 14.2. The highest BCUT2D eigenvalue weighted by Crippen LogP contribution is 2.36. The second-order valence-electron chi connectivity index (χ2n) is 7.37. The molecule has 2 rings (SSSR count). The van der Waals surface area contributed by atoms with Gasteiger partial charge in [-0.3, -0.25) is 0 Å². The van der Waals surface area contributed by atoms with Crippen molar-refractivity contribution in [3.8, 4) is 0 Å². The highest BCUT2D eigenvalue weighted by atomic mass is 28.4. The molecule has 0 saturated carbocycles. The Balaban J connectivity index is 2.00. The number of hydrogen-bond donors (Lipinski definition) is 1. The van der Waals surface area contributed by atoms with Gasteiger partial charge in [0.25, 0.3) is 0 Å². The molecule has 0 fully saturated rings. The zero-order valence-corrected chi connectivity index (χ0v) is 15.2. The summed E-state index contributed by atoms with van der Waals surface area (Å²) in [4.78, 5) is 17.0. The molecule has 0 unspecified atom stereocenters. The van der Waals surface area contributed by atoms with Crippen molar-refractivity contribution in [1.82, 2.24) is 9.55 Å². The Hall–Kier alpha value is -1.34. The first-order valence-electron chi connectivity index (χ1n) is 7.82. The van der Waals surface area contributed by atoms with Gasteiger partial charge in [-0.15, -0.1) is 0 Å². The van der Waals surface area contributed by atoms with E-state index < -0.39 is 14.4 Å². The Kier molecular flexibility index (Phi) is 4.67. The number of hydrogen-bond acceptors (Lipinski definition) is 3. The molecular weight excluding hydrogens is 298 g/mol. The molecule has 1 aromatic rings. The highest BCUT2D eigenvalue weighted by Gasteiger charge is 2.37. The summed E-state index contributed by atoms with van der Waals surface area (Å²) < 4.78 is 8.09. The van der Waals surface area contributed by atoms with E-state index in [9.17, 15) is 9.90 Å². The van der Waals surface area contributed by atoms with Gasteiger partial charge in [0.15, 0.2) is 8.32 Å². The van der Waals surface area contributed by atoms with Crippen molar-refractivity contribution in [2.24, 2.45) is 0 Å². The molecule has 1 amide bonds. The minimum absolute atomic E-state index is 0.195. The second kappa shape index (κ2) is 6.04. The van der Waals surface area contributed by atoms with Gasteiger partial charge in [0.2, 0.25) is 5.95 Å². The molecule has 1 aliphatic heterocycles. The number of aromatic nitrogens is 2. The lowest BCUT2D eigenvalue weighted by molar-refractivity contribution is 0.200. The molecule has 0 bridgehead atoms. The molecular formula is C15H27N3O3Si. The summed E-state index contributed by atoms with van der Waals surface area (Å²) in [6.45, 7) is 13.1. The van der Waals surface area contributed by atoms with Crippen molar-refractivity contribution >= 4 is 20.4 Å². The summed E-state index contributed by atoms with van der Waals surface area (Å²) in [5.41, 5.74) is 0.904. The molecule has 7 heteroatoms. The molecule has 0 aliphatic carbocycles. The van der Waals surface area contributed by atoms with Gasteiger partial charge in [0, 0.05) is 32.3 Å². The molecule has 22 heavy (non-hydrogen) atoms. The van der Waals surface area contributed by atoms with Crippen LogP contribution in [0.3, 0.4) is 0 Å². The van der Waals surface area contributed by atoms with E-state index in [-0.39, 0.29) is 5.04 Å². The predicted molar refractivity (Wildman–Crippen MR) is 89.1 cm³/mol. The lowest BCUT2D eigenvalue weighted by Crippen LogP contribution is -2.41. The van der Waals surface area contributed by atoms with E-state index >= 15 is 0 Å². The standard InChI is InChI=1S/C15H27N3O3Si/c1-15(2,3)22(4,5)21-10-7-12-11-17-8-6-9-18(14(19)20)13(17)16-12/h11H,6-10H2,1-5H3,(H,19,20). The molecule has 1 aromatic heterocycles. The van der Waals surface area contributed by atoms with Crippen LogP contribution in [-0.2, 0) is 17.4 Å². The summed E-state index contributed by atoms with van der Waals surface area (Å²) in [6.07, 6.45) is 2.57. The van der Waals surface area contributed by atoms with Crippen LogP contribution in [0.25, 0.3) is 0 Å². The quantitative estimate of drug-likeness (QED) is 0.862. The maximum Gasteiger partial charge on any atom is 0.414 e. The van der Waals surface area contributed by atoms with E-state index in [1.54, 1.807) is 0 Å². The Morgan fingerprint density at radius 1 is 1.41 bits per heavy atom. The molecule has 0 saturated heterocycles. The molecule has 0 atom stereocenters. The van der Waals surface area contributed by atoms with E-state index in [1.165, 1.54) is 4.90 Å². The van der Waals surface area contributed by atoms with E-state index in [4.69, 9.17) is 4.43 Å². The lowest BCUT2D eigenvalue weighted by atomic mass is 10.2. The van der Waals surface area contributed by atoms with Crippen LogP contribution >= 0.6 is 0 Å². The third kappa shape index (κ3) is 3.52.